The van der Waals surface area contributed by atoms with Crippen molar-refractivity contribution in [3.05, 3.63) is 70.9 Å². The number of nitrogens with zero attached hydrogens (tertiary/aromatic N) is 2. The highest BCUT2D eigenvalue weighted by atomic mass is 32.1. The minimum Gasteiger partial charge on any atom is -0.364 e. The van der Waals surface area contributed by atoms with Crippen molar-refractivity contribution in [3.63, 3.8) is 0 Å². The third-order valence-electron chi connectivity index (χ3n) is 4.29. The van der Waals surface area contributed by atoms with Crippen molar-refractivity contribution in [2.75, 3.05) is 5.32 Å². The molecule has 140 valence electrons. The summed E-state index contributed by atoms with van der Waals surface area (Å²) in [6.07, 6.45) is 1.60. The Labute approximate surface area is 166 Å². The van der Waals surface area contributed by atoms with Gasteiger partial charge in [0.25, 0.3) is 11.8 Å². The summed E-state index contributed by atoms with van der Waals surface area (Å²) < 4.78 is 0. The highest BCUT2D eigenvalue weighted by Gasteiger charge is 2.19. The maximum Gasteiger partial charge on any atom is 0.277 e. The summed E-state index contributed by atoms with van der Waals surface area (Å²) in [7, 11) is 0. The van der Waals surface area contributed by atoms with Gasteiger partial charge >= 0.3 is 0 Å². The fourth-order valence-electron chi connectivity index (χ4n) is 2.55. The van der Waals surface area contributed by atoms with Gasteiger partial charge in [-0.3, -0.25) is 9.59 Å². The van der Waals surface area contributed by atoms with Crippen LogP contribution >= 0.6 is 11.3 Å². The number of anilines is 1. The van der Waals surface area contributed by atoms with Gasteiger partial charge in [-0.05, 0) is 49.2 Å². The maximum absolute atomic E-state index is 12.4. The molecule has 0 unspecified atom stereocenters. The highest BCUT2D eigenvalue weighted by Crippen LogP contribution is 2.27. The molecule has 0 aliphatic heterocycles. The van der Waals surface area contributed by atoms with Crippen LogP contribution in [0.5, 0.6) is 0 Å². The molecule has 0 spiro atoms. The molecule has 28 heavy (non-hydrogen) atoms. The Morgan fingerprint density at radius 1 is 1.11 bits per heavy atom. The lowest BCUT2D eigenvalue weighted by atomic mass is 9.86. The molecule has 0 fully saturated rings. The average Bonchev–Trinajstić information content (AvgIpc) is 3.19. The number of nitriles is 1. The Bertz CT molecular complexity index is 1060. The Balaban J connectivity index is 1.70. The molecule has 0 bridgehead atoms. The van der Waals surface area contributed by atoms with E-state index in [1.807, 2.05) is 26.0 Å². The van der Waals surface area contributed by atoms with Crippen molar-refractivity contribution in [1.29, 1.82) is 5.26 Å². The van der Waals surface area contributed by atoms with E-state index in [1.54, 1.807) is 42.6 Å². The van der Waals surface area contributed by atoms with Gasteiger partial charge in [-0.15, -0.1) is 11.3 Å². The SMILES string of the molecule is CC(C)(C#N)c1ccc(C(=O)Nc2ccc(-c3cnc(C(N)=O)s3)cc2)cc1. The van der Waals surface area contributed by atoms with Gasteiger partial charge in [-0.25, -0.2) is 4.98 Å². The maximum atomic E-state index is 12.4. The van der Waals surface area contributed by atoms with Gasteiger partial charge in [0.1, 0.15) is 0 Å². The number of primary amides is 1. The summed E-state index contributed by atoms with van der Waals surface area (Å²) in [5.41, 5.74) is 7.52. The molecule has 2 aromatic carbocycles. The number of hydrogen-bond donors (Lipinski definition) is 2. The zero-order valence-corrected chi connectivity index (χ0v) is 16.2. The van der Waals surface area contributed by atoms with Crippen molar-refractivity contribution in [2.45, 2.75) is 19.3 Å². The molecular weight excluding hydrogens is 372 g/mol. The zero-order chi connectivity index (χ0) is 20.3. The molecule has 1 heterocycles. The quantitative estimate of drug-likeness (QED) is 0.687. The number of aromatic nitrogens is 1. The second-order valence-corrected chi connectivity index (χ2v) is 7.77. The van der Waals surface area contributed by atoms with E-state index >= 15 is 0 Å². The van der Waals surface area contributed by atoms with Crippen molar-refractivity contribution >= 4 is 28.8 Å². The van der Waals surface area contributed by atoms with Gasteiger partial charge in [0.05, 0.1) is 16.4 Å². The first-order valence-corrected chi connectivity index (χ1v) is 9.31. The van der Waals surface area contributed by atoms with Crippen molar-refractivity contribution < 1.29 is 9.59 Å². The van der Waals surface area contributed by atoms with Gasteiger partial charge in [-0.2, -0.15) is 5.26 Å². The molecule has 1 aromatic heterocycles. The molecule has 2 amide bonds. The van der Waals surface area contributed by atoms with E-state index in [2.05, 4.69) is 16.4 Å². The number of carbonyl (C=O) groups excluding carboxylic acids is 2. The Hall–Kier alpha value is -3.50. The second kappa shape index (κ2) is 7.62. The molecule has 3 aromatic rings. The smallest absolute Gasteiger partial charge is 0.277 e. The second-order valence-electron chi connectivity index (χ2n) is 6.74. The van der Waals surface area contributed by atoms with Gasteiger partial charge in [0.15, 0.2) is 5.01 Å². The first-order valence-electron chi connectivity index (χ1n) is 8.49. The lowest BCUT2D eigenvalue weighted by molar-refractivity contribution is 0.0997. The highest BCUT2D eigenvalue weighted by molar-refractivity contribution is 7.16. The predicted molar refractivity (Wildman–Crippen MR) is 109 cm³/mol. The molecule has 0 radical (unpaired) electrons. The number of rotatable bonds is 5. The average molecular weight is 390 g/mol. The van der Waals surface area contributed by atoms with E-state index in [0.717, 1.165) is 16.0 Å². The van der Waals surface area contributed by atoms with Gasteiger partial charge in [0.2, 0.25) is 0 Å². The molecule has 0 aliphatic carbocycles. The van der Waals surface area contributed by atoms with Crippen LogP contribution < -0.4 is 11.1 Å². The Morgan fingerprint density at radius 2 is 1.75 bits per heavy atom. The first kappa shape index (κ1) is 19.3. The number of hydrogen-bond acceptors (Lipinski definition) is 5. The largest absolute Gasteiger partial charge is 0.364 e. The molecule has 0 saturated heterocycles. The van der Waals surface area contributed by atoms with E-state index in [1.165, 1.54) is 11.3 Å². The standard InChI is InChI=1S/C21H18N4O2S/c1-21(2,12-22)15-7-3-14(4-8-15)19(27)25-16-9-5-13(6-10-16)17-11-24-20(28-17)18(23)26/h3-11H,1-2H3,(H2,23,26)(H,25,27). The molecule has 0 aliphatic rings. The fraction of sp³-hybridized carbons (Fsp3) is 0.143. The summed E-state index contributed by atoms with van der Waals surface area (Å²) in [5, 5.41) is 12.3. The number of nitrogens with one attached hydrogen (secondary N) is 1. The van der Waals surface area contributed by atoms with Gasteiger partial charge in [-0.1, -0.05) is 24.3 Å². The number of benzene rings is 2. The number of carbonyl (C=O) groups is 2. The lowest BCUT2D eigenvalue weighted by Gasteiger charge is -2.15. The summed E-state index contributed by atoms with van der Waals surface area (Å²) in [6.45, 7) is 3.66. The van der Waals surface area contributed by atoms with E-state index in [-0.39, 0.29) is 10.9 Å². The third-order valence-corrected chi connectivity index (χ3v) is 5.35. The number of amides is 2. The normalized spacial score (nSPS) is 10.9. The van der Waals surface area contributed by atoms with Crippen LogP contribution in [0.2, 0.25) is 0 Å². The van der Waals surface area contributed by atoms with Gasteiger partial charge < -0.3 is 11.1 Å². The van der Waals surface area contributed by atoms with Crippen LogP contribution in [0.1, 0.15) is 39.6 Å². The minimum atomic E-state index is -0.601. The van der Waals surface area contributed by atoms with Crippen LogP contribution in [0, 0.1) is 11.3 Å². The summed E-state index contributed by atoms with van der Waals surface area (Å²) in [6, 6.07) is 16.5. The molecule has 3 N–H and O–H groups in total. The first-order chi connectivity index (χ1) is 13.3. The van der Waals surface area contributed by atoms with Crippen LogP contribution in [0.3, 0.4) is 0 Å². The van der Waals surface area contributed by atoms with Crippen LogP contribution in [0.15, 0.2) is 54.7 Å². The molecule has 6 nitrogen and oxygen atoms in total. The lowest BCUT2D eigenvalue weighted by Crippen LogP contribution is -2.15. The van der Waals surface area contributed by atoms with Crippen molar-refractivity contribution in [2.24, 2.45) is 5.73 Å². The third kappa shape index (κ3) is 4.08. The number of nitrogens with two attached hydrogens (primary N) is 1. The summed E-state index contributed by atoms with van der Waals surface area (Å²) >= 11 is 1.22. The molecular formula is C21H18N4O2S. The van der Waals surface area contributed by atoms with Crippen LogP contribution in [-0.2, 0) is 5.41 Å². The molecule has 0 atom stereocenters. The Morgan fingerprint density at radius 3 is 2.29 bits per heavy atom. The topological polar surface area (TPSA) is 109 Å². The predicted octanol–water partition coefficient (Wildman–Crippen LogP) is 3.96. The molecule has 3 rings (SSSR count). The van der Waals surface area contributed by atoms with E-state index in [4.69, 9.17) is 5.73 Å². The Kier molecular flexibility index (Phi) is 5.25. The summed E-state index contributed by atoms with van der Waals surface area (Å²) in [5.74, 6) is -0.785. The molecule has 0 saturated carbocycles. The zero-order valence-electron chi connectivity index (χ0n) is 15.4. The summed E-state index contributed by atoms with van der Waals surface area (Å²) in [4.78, 5) is 28.4. The van der Waals surface area contributed by atoms with Crippen LogP contribution in [0.4, 0.5) is 5.69 Å². The van der Waals surface area contributed by atoms with Crippen LogP contribution in [0.25, 0.3) is 10.4 Å². The van der Waals surface area contributed by atoms with E-state index in [9.17, 15) is 14.9 Å². The van der Waals surface area contributed by atoms with Crippen molar-refractivity contribution in [3.8, 4) is 16.5 Å². The molecule has 7 heteroatoms. The number of thiazole rings is 1. The van der Waals surface area contributed by atoms with Crippen LogP contribution in [-0.4, -0.2) is 16.8 Å². The van der Waals surface area contributed by atoms with E-state index < -0.39 is 11.3 Å². The minimum absolute atomic E-state index is 0.233. The fourth-order valence-corrected chi connectivity index (χ4v) is 3.32. The van der Waals surface area contributed by atoms with E-state index in [0.29, 0.717) is 11.3 Å². The monoisotopic (exact) mass is 390 g/mol. The van der Waals surface area contributed by atoms with Gasteiger partial charge in [0, 0.05) is 17.4 Å². The van der Waals surface area contributed by atoms with Crippen molar-refractivity contribution in [1.82, 2.24) is 4.98 Å².